The van der Waals surface area contributed by atoms with E-state index in [-0.39, 0.29) is 17.7 Å². The van der Waals surface area contributed by atoms with E-state index in [9.17, 15) is 9.59 Å². The van der Waals surface area contributed by atoms with E-state index in [1.54, 1.807) is 23.4 Å². The van der Waals surface area contributed by atoms with Crippen LogP contribution in [0.3, 0.4) is 0 Å². The average molecular weight is 307 g/mol. The van der Waals surface area contributed by atoms with Crippen LogP contribution >= 0.6 is 11.3 Å². The van der Waals surface area contributed by atoms with Gasteiger partial charge in [0.05, 0.1) is 18.7 Å². The third kappa shape index (κ3) is 2.81. The number of carbonyl (C=O) groups is 2. The lowest BCUT2D eigenvalue weighted by molar-refractivity contribution is -0.0229. The number of rotatable bonds is 3. The quantitative estimate of drug-likeness (QED) is 0.893. The Morgan fingerprint density at radius 3 is 3.05 bits per heavy atom. The number of ether oxygens (including phenoxy) is 1. The third-order valence-electron chi connectivity index (χ3n) is 3.22. The number of hydrogen-bond donors (Lipinski definition) is 2. The van der Waals surface area contributed by atoms with Crippen molar-refractivity contribution in [3.63, 3.8) is 0 Å². The summed E-state index contributed by atoms with van der Waals surface area (Å²) >= 11 is 1.23. The van der Waals surface area contributed by atoms with Gasteiger partial charge >= 0.3 is 5.97 Å². The molecule has 2 N–H and O–H groups in total. The Kier molecular flexibility index (Phi) is 3.72. The van der Waals surface area contributed by atoms with Crippen molar-refractivity contribution in [2.75, 3.05) is 19.7 Å². The van der Waals surface area contributed by atoms with Crippen LogP contribution in [0.5, 0.6) is 0 Å². The summed E-state index contributed by atoms with van der Waals surface area (Å²) < 4.78 is 5.61. The van der Waals surface area contributed by atoms with Crippen molar-refractivity contribution in [1.82, 2.24) is 14.9 Å². The average Bonchev–Trinajstić information content (AvgIpc) is 3.18. The highest BCUT2D eigenvalue weighted by molar-refractivity contribution is 7.09. The van der Waals surface area contributed by atoms with Crippen LogP contribution in [0.1, 0.15) is 32.0 Å². The number of carboxylic acid groups (broad SMARTS) is 1. The number of carboxylic acids is 1. The molecule has 1 fully saturated rings. The number of thiazole rings is 1. The number of hydrogen-bond acceptors (Lipinski definition) is 5. The molecule has 0 radical (unpaired) electrons. The van der Waals surface area contributed by atoms with Crippen LogP contribution in [0.15, 0.2) is 23.8 Å². The van der Waals surface area contributed by atoms with Crippen molar-refractivity contribution in [2.45, 2.75) is 6.10 Å². The van der Waals surface area contributed by atoms with Crippen LogP contribution in [0, 0.1) is 0 Å². The Labute approximate surface area is 124 Å². The number of aromatic nitrogens is 2. The molecule has 3 heterocycles. The molecule has 3 rings (SSSR count). The number of carbonyl (C=O) groups excluding carboxylic acids is 1. The standard InChI is InChI=1S/C13H13N3O4S/c17-12(8-1-2-14-5-8)16-3-4-20-10(6-16)11-15-9(7-21-11)13(18)19/h1-2,5,7,10,14H,3-4,6H2,(H,18,19). The summed E-state index contributed by atoms with van der Waals surface area (Å²) in [5, 5.41) is 11.0. The summed E-state index contributed by atoms with van der Waals surface area (Å²) in [7, 11) is 0. The van der Waals surface area contributed by atoms with Gasteiger partial charge in [-0.15, -0.1) is 11.3 Å². The Bertz CT molecular complexity index is 652. The van der Waals surface area contributed by atoms with Crippen LogP contribution in [-0.4, -0.2) is 51.5 Å². The van der Waals surface area contributed by atoms with Crippen molar-refractivity contribution >= 4 is 23.2 Å². The molecule has 21 heavy (non-hydrogen) atoms. The molecule has 1 aliphatic heterocycles. The molecule has 1 aliphatic rings. The van der Waals surface area contributed by atoms with Gasteiger partial charge in [0.25, 0.3) is 5.91 Å². The van der Waals surface area contributed by atoms with Gasteiger partial charge in [-0.05, 0) is 6.07 Å². The number of amides is 1. The summed E-state index contributed by atoms with van der Waals surface area (Å²) in [4.78, 5) is 31.7. The predicted octanol–water partition coefficient (Wildman–Crippen LogP) is 1.38. The minimum atomic E-state index is -1.06. The summed E-state index contributed by atoms with van der Waals surface area (Å²) in [6.45, 7) is 1.29. The number of aromatic carboxylic acids is 1. The first kappa shape index (κ1) is 13.8. The van der Waals surface area contributed by atoms with Crippen molar-refractivity contribution in [2.24, 2.45) is 0 Å². The van der Waals surface area contributed by atoms with Crippen molar-refractivity contribution in [3.8, 4) is 0 Å². The molecule has 0 aliphatic carbocycles. The number of morpholine rings is 1. The van der Waals surface area contributed by atoms with Crippen molar-refractivity contribution in [3.05, 3.63) is 40.1 Å². The molecule has 1 amide bonds. The van der Waals surface area contributed by atoms with Crippen LogP contribution in [0.25, 0.3) is 0 Å². The van der Waals surface area contributed by atoms with E-state index in [4.69, 9.17) is 9.84 Å². The second-order valence-electron chi connectivity index (χ2n) is 4.59. The van der Waals surface area contributed by atoms with E-state index in [2.05, 4.69) is 9.97 Å². The Morgan fingerprint density at radius 2 is 2.38 bits per heavy atom. The second-order valence-corrected chi connectivity index (χ2v) is 5.48. The summed E-state index contributed by atoms with van der Waals surface area (Å²) in [6.07, 6.45) is 2.98. The molecule has 0 bridgehead atoms. The molecule has 8 heteroatoms. The molecule has 0 aromatic carbocycles. The first-order valence-electron chi connectivity index (χ1n) is 6.37. The SMILES string of the molecule is O=C(O)c1csc(C2CN(C(=O)c3cc[nH]c3)CCO2)n1. The van der Waals surface area contributed by atoms with Crippen molar-refractivity contribution in [1.29, 1.82) is 0 Å². The number of nitrogens with zero attached hydrogens (tertiary/aromatic N) is 2. The maximum Gasteiger partial charge on any atom is 0.355 e. The van der Waals surface area contributed by atoms with Gasteiger partial charge in [-0.3, -0.25) is 4.79 Å². The molecule has 0 spiro atoms. The maximum absolute atomic E-state index is 12.3. The van der Waals surface area contributed by atoms with Gasteiger partial charge in [0.1, 0.15) is 11.1 Å². The highest BCUT2D eigenvalue weighted by Crippen LogP contribution is 2.26. The van der Waals surface area contributed by atoms with E-state index in [0.29, 0.717) is 30.3 Å². The molecule has 1 saturated heterocycles. The van der Waals surface area contributed by atoms with E-state index in [0.717, 1.165) is 0 Å². The predicted molar refractivity (Wildman–Crippen MR) is 74.5 cm³/mol. The first-order chi connectivity index (χ1) is 10.1. The molecule has 110 valence electrons. The molecule has 1 unspecified atom stereocenters. The van der Waals surface area contributed by atoms with E-state index < -0.39 is 5.97 Å². The fraction of sp³-hybridized carbons (Fsp3) is 0.308. The van der Waals surface area contributed by atoms with Gasteiger partial charge < -0.3 is 19.7 Å². The number of aromatic amines is 1. The lowest BCUT2D eigenvalue weighted by Gasteiger charge is -2.31. The van der Waals surface area contributed by atoms with Gasteiger partial charge in [-0.1, -0.05) is 0 Å². The van der Waals surface area contributed by atoms with Gasteiger partial charge in [-0.2, -0.15) is 0 Å². The summed E-state index contributed by atoms with van der Waals surface area (Å²) in [6, 6.07) is 1.72. The van der Waals surface area contributed by atoms with E-state index in [1.165, 1.54) is 16.7 Å². The zero-order valence-corrected chi connectivity index (χ0v) is 11.8. The van der Waals surface area contributed by atoms with Crippen LogP contribution in [0.4, 0.5) is 0 Å². The lowest BCUT2D eigenvalue weighted by Crippen LogP contribution is -2.42. The smallest absolute Gasteiger partial charge is 0.355 e. The Hall–Kier alpha value is -2.19. The minimum Gasteiger partial charge on any atom is -0.476 e. The topological polar surface area (TPSA) is 95.5 Å². The maximum atomic E-state index is 12.3. The van der Waals surface area contributed by atoms with E-state index >= 15 is 0 Å². The van der Waals surface area contributed by atoms with Crippen LogP contribution < -0.4 is 0 Å². The van der Waals surface area contributed by atoms with Gasteiger partial charge in [0.2, 0.25) is 0 Å². The van der Waals surface area contributed by atoms with Gasteiger partial charge in [0, 0.05) is 24.3 Å². The molecular formula is C13H13N3O4S. The van der Waals surface area contributed by atoms with Crippen LogP contribution in [-0.2, 0) is 4.74 Å². The molecular weight excluding hydrogens is 294 g/mol. The number of H-pyrrole nitrogens is 1. The van der Waals surface area contributed by atoms with E-state index in [1.807, 2.05) is 0 Å². The Balaban J connectivity index is 1.73. The highest BCUT2D eigenvalue weighted by atomic mass is 32.1. The lowest BCUT2D eigenvalue weighted by atomic mass is 10.2. The molecule has 0 saturated carbocycles. The Morgan fingerprint density at radius 1 is 1.52 bits per heavy atom. The van der Waals surface area contributed by atoms with Crippen LogP contribution in [0.2, 0.25) is 0 Å². The third-order valence-corrected chi connectivity index (χ3v) is 4.15. The van der Waals surface area contributed by atoms with Gasteiger partial charge in [-0.25, -0.2) is 9.78 Å². The van der Waals surface area contributed by atoms with Crippen molar-refractivity contribution < 1.29 is 19.4 Å². The minimum absolute atomic E-state index is 0.00712. The normalized spacial score (nSPS) is 18.7. The monoisotopic (exact) mass is 307 g/mol. The molecule has 2 aromatic heterocycles. The zero-order chi connectivity index (χ0) is 14.8. The molecule has 7 nitrogen and oxygen atoms in total. The molecule has 1 atom stereocenters. The largest absolute Gasteiger partial charge is 0.476 e. The zero-order valence-electron chi connectivity index (χ0n) is 11.0. The fourth-order valence-corrected chi connectivity index (χ4v) is 2.99. The summed E-state index contributed by atoms with van der Waals surface area (Å²) in [5.74, 6) is -1.13. The number of nitrogens with one attached hydrogen (secondary N) is 1. The first-order valence-corrected chi connectivity index (χ1v) is 7.25. The summed E-state index contributed by atoms with van der Waals surface area (Å²) in [5.41, 5.74) is 0.605. The second kappa shape index (κ2) is 5.66. The fourth-order valence-electron chi connectivity index (χ4n) is 2.16. The highest BCUT2D eigenvalue weighted by Gasteiger charge is 2.28. The molecule has 2 aromatic rings. The van der Waals surface area contributed by atoms with Gasteiger partial charge in [0.15, 0.2) is 5.69 Å².